The van der Waals surface area contributed by atoms with Crippen LogP contribution in [0.2, 0.25) is 0 Å². The van der Waals surface area contributed by atoms with Crippen molar-refractivity contribution >= 4 is 5.91 Å². The number of nitrogens with zero attached hydrogens (tertiary/aromatic N) is 3. The van der Waals surface area contributed by atoms with Crippen LogP contribution in [0.25, 0.3) is 0 Å². The van der Waals surface area contributed by atoms with Gasteiger partial charge in [-0.2, -0.15) is 13.2 Å². The lowest BCUT2D eigenvalue weighted by molar-refractivity contribution is -0.138. The minimum Gasteiger partial charge on any atom is -0.351 e. The topological polar surface area (TPSA) is 59.8 Å². The molecule has 1 N–H and O–H groups in total. The summed E-state index contributed by atoms with van der Waals surface area (Å²) in [6, 6.07) is 5.30. The predicted molar refractivity (Wildman–Crippen MR) is 80.0 cm³/mol. The van der Waals surface area contributed by atoms with E-state index in [9.17, 15) is 18.0 Å². The molecule has 1 aliphatic rings. The zero-order valence-electron chi connectivity index (χ0n) is 12.8. The largest absolute Gasteiger partial charge is 0.416 e. The van der Waals surface area contributed by atoms with Gasteiger partial charge in [-0.1, -0.05) is 29.8 Å². The molecule has 1 heterocycles. The van der Waals surface area contributed by atoms with Gasteiger partial charge in [-0.05, 0) is 24.5 Å². The molecular formula is C16H17F3N4O. The predicted octanol–water partition coefficient (Wildman–Crippen LogP) is 2.75. The van der Waals surface area contributed by atoms with Gasteiger partial charge < -0.3 is 5.32 Å². The third-order valence-corrected chi connectivity index (χ3v) is 4.31. The lowest BCUT2D eigenvalue weighted by Gasteiger charge is -2.24. The Morgan fingerprint density at radius 1 is 1.29 bits per heavy atom. The number of amides is 1. The van der Waals surface area contributed by atoms with Crippen LogP contribution >= 0.6 is 0 Å². The van der Waals surface area contributed by atoms with E-state index in [1.54, 1.807) is 12.3 Å². The van der Waals surface area contributed by atoms with Crippen molar-refractivity contribution in [2.24, 2.45) is 0 Å². The summed E-state index contributed by atoms with van der Waals surface area (Å²) in [7, 11) is 0. The fraction of sp³-hybridized carbons (Fsp3) is 0.438. The standard InChI is InChI=1S/C16H17F3N4O/c17-16(18,19)13-6-2-1-4-11(13)12-5-3-7-14(12)21-15(24)10-23-9-8-20-22-23/h1-2,4,6,8-9,12,14H,3,5,7,10H2,(H,21,24)/t12-,14+/m0/s1. The van der Waals surface area contributed by atoms with Crippen LogP contribution < -0.4 is 5.32 Å². The highest BCUT2D eigenvalue weighted by Gasteiger charge is 2.38. The van der Waals surface area contributed by atoms with E-state index >= 15 is 0 Å². The summed E-state index contributed by atoms with van der Waals surface area (Å²) >= 11 is 0. The van der Waals surface area contributed by atoms with Crippen LogP contribution in [0.4, 0.5) is 13.2 Å². The first kappa shape index (κ1) is 16.5. The molecule has 0 spiro atoms. The van der Waals surface area contributed by atoms with Gasteiger partial charge in [0.2, 0.25) is 5.91 Å². The van der Waals surface area contributed by atoms with Crippen molar-refractivity contribution in [2.45, 2.75) is 43.9 Å². The van der Waals surface area contributed by atoms with Crippen molar-refractivity contribution in [2.75, 3.05) is 0 Å². The van der Waals surface area contributed by atoms with Gasteiger partial charge in [0.15, 0.2) is 0 Å². The second-order valence-electron chi connectivity index (χ2n) is 5.90. The second kappa shape index (κ2) is 6.62. The number of carbonyl (C=O) groups is 1. The fourth-order valence-corrected chi connectivity index (χ4v) is 3.30. The number of carbonyl (C=O) groups excluding carboxylic acids is 1. The summed E-state index contributed by atoms with van der Waals surface area (Å²) in [5, 5.41) is 10.2. The summed E-state index contributed by atoms with van der Waals surface area (Å²) < 4.78 is 41.1. The number of aromatic nitrogens is 3. The maximum atomic E-state index is 13.2. The monoisotopic (exact) mass is 338 g/mol. The molecule has 0 unspecified atom stereocenters. The molecule has 5 nitrogen and oxygen atoms in total. The molecule has 3 rings (SSSR count). The Kier molecular flexibility index (Phi) is 4.55. The highest BCUT2D eigenvalue weighted by Crippen LogP contribution is 2.41. The number of rotatable bonds is 4. The van der Waals surface area contributed by atoms with Gasteiger partial charge in [0, 0.05) is 18.2 Å². The summed E-state index contributed by atoms with van der Waals surface area (Å²) in [6.07, 6.45) is 0.705. The van der Waals surface area contributed by atoms with E-state index in [1.807, 2.05) is 0 Å². The van der Waals surface area contributed by atoms with Crippen molar-refractivity contribution in [3.8, 4) is 0 Å². The molecule has 0 bridgehead atoms. The first-order chi connectivity index (χ1) is 11.4. The van der Waals surface area contributed by atoms with Gasteiger partial charge >= 0.3 is 6.18 Å². The molecule has 1 aromatic carbocycles. The molecule has 24 heavy (non-hydrogen) atoms. The van der Waals surface area contributed by atoms with Gasteiger partial charge in [0.05, 0.1) is 11.8 Å². The van der Waals surface area contributed by atoms with Crippen LogP contribution in [0.1, 0.15) is 36.3 Å². The summed E-state index contributed by atoms with van der Waals surface area (Å²) in [5.74, 6) is -0.607. The first-order valence-corrected chi connectivity index (χ1v) is 7.75. The van der Waals surface area contributed by atoms with E-state index in [1.165, 1.54) is 23.0 Å². The fourth-order valence-electron chi connectivity index (χ4n) is 3.30. The minimum atomic E-state index is -4.39. The molecule has 1 aliphatic carbocycles. The van der Waals surface area contributed by atoms with E-state index < -0.39 is 11.7 Å². The minimum absolute atomic E-state index is 0.00410. The first-order valence-electron chi connectivity index (χ1n) is 7.75. The molecule has 1 amide bonds. The Morgan fingerprint density at radius 2 is 2.08 bits per heavy atom. The Bertz CT molecular complexity index is 700. The maximum Gasteiger partial charge on any atom is 0.416 e. The van der Waals surface area contributed by atoms with Crippen LogP contribution in [0, 0.1) is 0 Å². The van der Waals surface area contributed by atoms with Gasteiger partial charge in [-0.15, -0.1) is 5.10 Å². The lowest BCUT2D eigenvalue weighted by atomic mass is 9.89. The van der Waals surface area contributed by atoms with E-state index in [2.05, 4.69) is 15.6 Å². The van der Waals surface area contributed by atoms with Gasteiger partial charge in [0.25, 0.3) is 0 Å². The number of halogens is 3. The Morgan fingerprint density at radius 3 is 2.79 bits per heavy atom. The zero-order valence-corrected chi connectivity index (χ0v) is 12.8. The zero-order chi connectivity index (χ0) is 17.2. The van der Waals surface area contributed by atoms with Crippen LogP contribution in [0.15, 0.2) is 36.7 Å². The van der Waals surface area contributed by atoms with Gasteiger partial charge in [-0.3, -0.25) is 4.79 Å². The van der Waals surface area contributed by atoms with Crippen molar-refractivity contribution in [1.82, 2.24) is 20.3 Å². The summed E-state index contributed by atoms with van der Waals surface area (Å²) in [4.78, 5) is 12.1. The third kappa shape index (κ3) is 3.58. The quantitative estimate of drug-likeness (QED) is 0.932. The molecule has 1 aromatic heterocycles. The summed E-state index contributed by atoms with van der Waals surface area (Å²) in [5.41, 5.74) is -0.360. The van der Waals surface area contributed by atoms with Crippen LogP contribution in [-0.4, -0.2) is 26.9 Å². The van der Waals surface area contributed by atoms with Crippen molar-refractivity contribution < 1.29 is 18.0 Å². The molecule has 1 fully saturated rings. The average molecular weight is 338 g/mol. The highest BCUT2D eigenvalue weighted by molar-refractivity contribution is 5.76. The lowest BCUT2D eigenvalue weighted by Crippen LogP contribution is -2.39. The maximum absolute atomic E-state index is 13.2. The van der Waals surface area contributed by atoms with Crippen molar-refractivity contribution in [1.29, 1.82) is 0 Å². The normalized spacial score (nSPS) is 21.0. The molecule has 1 saturated carbocycles. The molecule has 128 valence electrons. The smallest absolute Gasteiger partial charge is 0.351 e. The molecular weight excluding hydrogens is 321 g/mol. The number of hydrogen-bond acceptors (Lipinski definition) is 3. The van der Waals surface area contributed by atoms with Gasteiger partial charge in [-0.25, -0.2) is 4.68 Å². The van der Waals surface area contributed by atoms with E-state index in [0.717, 1.165) is 12.5 Å². The number of benzene rings is 1. The van der Waals surface area contributed by atoms with Crippen LogP contribution in [-0.2, 0) is 17.5 Å². The molecule has 0 saturated heterocycles. The number of hydrogen-bond donors (Lipinski definition) is 1. The van der Waals surface area contributed by atoms with Crippen molar-refractivity contribution in [3.05, 3.63) is 47.8 Å². The molecule has 0 radical (unpaired) electrons. The van der Waals surface area contributed by atoms with Crippen molar-refractivity contribution in [3.63, 3.8) is 0 Å². The molecule has 8 heteroatoms. The van der Waals surface area contributed by atoms with E-state index in [0.29, 0.717) is 12.8 Å². The van der Waals surface area contributed by atoms with Crippen LogP contribution in [0.5, 0.6) is 0 Å². The number of alkyl halides is 3. The molecule has 2 aromatic rings. The Balaban J connectivity index is 1.75. The Labute approximate surface area is 136 Å². The van der Waals surface area contributed by atoms with E-state index in [-0.39, 0.29) is 30.0 Å². The third-order valence-electron chi connectivity index (χ3n) is 4.31. The Hall–Kier alpha value is -2.38. The summed E-state index contributed by atoms with van der Waals surface area (Å²) in [6.45, 7) is 0.00410. The second-order valence-corrected chi connectivity index (χ2v) is 5.90. The van der Waals surface area contributed by atoms with Crippen LogP contribution in [0.3, 0.4) is 0 Å². The van der Waals surface area contributed by atoms with Gasteiger partial charge in [0.1, 0.15) is 6.54 Å². The SMILES string of the molecule is O=C(Cn1ccnn1)N[C@@H]1CCC[C@H]1c1ccccc1C(F)(F)F. The molecule has 0 aliphatic heterocycles. The molecule has 2 atom stereocenters. The van der Waals surface area contributed by atoms with E-state index in [4.69, 9.17) is 0 Å². The number of nitrogens with one attached hydrogen (secondary N) is 1. The highest BCUT2D eigenvalue weighted by atomic mass is 19.4. The average Bonchev–Trinajstić information content (AvgIpc) is 3.18.